The number of carbonyl (C=O) groups is 1. The van der Waals surface area contributed by atoms with Gasteiger partial charge in [-0.05, 0) is 12.8 Å². The van der Waals surface area contributed by atoms with Gasteiger partial charge in [0.05, 0.1) is 23.5 Å². The van der Waals surface area contributed by atoms with Crippen LogP contribution in [-0.2, 0) is 0 Å². The molecule has 0 radical (unpaired) electrons. The Kier molecular flexibility index (Phi) is 4.16. The van der Waals surface area contributed by atoms with Gasteiger partial charge >= 0.3 is 0 Å². The molecule has 84 valence electrons. The van der Waals surface area contributed by atoms with Gasteiger partial charge in [0.1, 0.15) is 0 Å². The number of rotatable bonds is 5. The average Bonchev–Trinajstić information content (AvgIpc) is 2.79. The molecule has 0 aliphatic heterocycles. The molecule has 0 fully saturated rings. The summed E-state index contributed by atoms with van der Waals surface area (Å²) in [6.45, 7) is 4.45. The highest BCUT2D eigenvalue weighted by Gasteiger charge is 2.27. The zero-order chi connectivity index (χ0) is 11.3. The largest absolute Gasteiger partial charge is 0.344 e. The first-order valence-electron chi connectivity index (χ1n) is 4.97. The van der Waals surface area contributed by atoms with Gasteiger partial charge < -0.3 is 11.1 Å². The number of hydrogen-bond acceptors (Lipinski definition) is 5. The summed E-state index contributed by atoms with van der Waals surface area (Å²) in [5, 5.41) is 2.92. The maximum atomic E-state index is 11.7. The van der Waals surface area contributed by atoms with Crippen molar-refractivity contribution < 1.29 is 4.79 Å². The van der Waals surface area contributed by atoms with E-state index >= 15 is 0 Å². The topological polar surface area (TPSA) is 80.9 Å². The van der Waals surface area contributed by atoms with E-state index in [2.05, 4.69) is 14.1 Å². The second-order valence-corrected chi connectivity index (χ2v) is 4.00. The second kappa shape index (κ2) is 5.18. The third-order valence-electron chi connectivity index (χ3n) is 2.72. The Morgan fingerprint density at radius 2 is 2.27 bits per heavy atom. The summed E-state index contributed by atoms with van der Waals surface area (Å²) in [6, 6.07) is 0. The summed E-state index contributed by atoms with van der Waals surface area (Å²) in [5.41, 5.74) is 5.72. The number of nitrogens with two attached hydrogens (primary N) is 1. The minimum absolute atomic E-state index is 0.196. The zero-order valence-electron chi connectivity index (χ0n) is 8.99. The van der Waals surface area contributed by atoms with E-state index in [1.165, 1.54) is 6.20 Å². The zero-order valence-corrected chi connectivity index (χ0v) is 9.80. The van der Waals surface area contributed by atoms with Gasteiger partial charge in [-0.15, -0.1) is 0 Å². The molecule has 3 N–H and O–H groups in total. The summed E-state index contributed by atoms with van der Waals surface area (Å²) in [6.07, 6.45) is 3.08. The van der Waals surface area contributed by atoms with E-state index in [-0.39, 0.29) is 11.4 Å². The monoisotopic (exact) mass is 228 g/mol. The molecule has 0 unspecified atom stereocenters. The fourth-order valence-electron chi connectivity index (χ4n) is 1.34. The lowest BCUT2D eigenvalue weighted by Crippen LogP contribution is -2.52. The van der Waals surface area contributed by atoms with Crippen LogP contribution in [0.25, 0.3) is 0 Å². The molecule has 0 atom stereocenters. The SMILES string of the molecule is CCC(CC)(CN)NC(=O)c1cnsn1. The van der Waals surface area contributed by atoms with Crippen LogP contribution in [0, 0.1) is 0 Å². The van der Waals surface area contributed by atoms with E-state index in [1.54, 1.807) is 0 Å². The van der Waals surface area contributed by atoms with Crippen LogP contribution >= 0.6 is 11.7 Å². The van der Waals surface area contributed by atoms with E-state index in [0.717, 1.165) is 24.6 Å². The summed E-state index contributed by atoms with van der Waals surface area (Å²) < 4.78 is 7.67. The molecule has 0 saturated heterocycles. The van der Waals surface area contributed by atoms with Crippen molar-refractivity contribution in [2.24, 2.45) is 5.73 Å². The van der Waals surface area contributed by atoms with Gasteiger partial charge in [-0.2, -0.15) is 8.75 Å². The standard InChI is InChI=1S/C9H16N4OS/c1-3-9(4-2,6-10)12-8(14)7-5-11-15-13-7/h5H,3-4,6,10H2,1-2H3,(H,12,14). The van der Waals surface area contributed by atoms with Crippen molar-refractivity contribution in [3.8, 4) is 0 Å². The maximum absolute atomic E-state index is 11.7. The first kappa shape index (κ1) is 12.1. The summed E-state index contributed by atoms with van der Waals surface area (Å²) in [5.74, 6) is -0.196. The molecule has 0 aliphatic carbocycles. The number of nitrogens with zero attached hydrogens (tertiary/aromatic N) is 2. The molecule has 1 aromatic heterocycles. The van der Waals surface area contributed by atoms with E-state index in [0.29, 0.717) is 12.2 Å². The molecule has 1 heterocycles. The van der Waals surface area contributed by atoms with Crippen LogP contribution in [0.3, 0.4) is 0 Å². The van der Waals surface area contributed by atoms with Gasteiger partial charge in [-0.25, -0.2) is 0 Å². The summed E-state index contributed by atoms with van der Waals surface area (Å²) in [7, 11) is 0. The van der Waals surface area contributed by atoms with Gasteiger partial charge in [0, 0.05) is 6.54 Å². The molecule has 15 heavy (non-hydrogen) atoms. The Balaban J connectivity index is 2.71. The van der Waals surface area contributed by atoms with E-state index in [4.69, 9.17) is 5.73 Å². The van der Waals surface area contributed by atoms with Crippen LogP contribution in [0.15, 0.2) is 6.20 Å². The van der Waals surface area contributed by atoms with E-state index in [1.807, 2.05) is 13.8 Å². The normalized spacial score (nSPS) is 11.4. The Morgan fingerprint density at radius 3 is 2.67 bits per heavy atom. The lowest BCUT2D eigenvalue weighted by molar-refractivity contribution is 0.0891. The van der Waals surface area contributed by atoms with Crippen molar-refractivity contribution in [3.05, 3.63) is 11.9 Å². The minimum Gasteiger partial charge on any atom is -0.344 e. The molecule has 0 spiro atoms. The molecule has 0 saturated carbocycles. The molecular weight excluding hydrogens is 212 g/mol. The van der Waals surface area contributed by atoms with Crippen molar-refractivity contribution >= 4 is 17.6 Å². The van der Waals surface area contributed by atoms with Gasteiger partial charge in [0.15, 0.2) is 5.69 Å². The first-order chi connectivity index (χ1) is 7.17. The van der Waals surface area contributed by atoms with E-state index < -0.39 is 0 Å². The highest BCUT2D eigenvalue weighted by Crippen LogP contribution is 2.14. The highest BCUT2D eigenvalue weighted by atomic mass is 32.1. The number of nitrogens with one attached hydrogen (secondary N) is 1. The summed E-state index contributed by atoms with van der Waals surface area (Å²) >= 11 is 1.02. The minimum atomic E-state index is -0.319. The second-order valence-electron chi connectivity index (χ2n) is 3.44. The first-order valence-corrected chi connectivity index (χ1v) is 5.70. The van der Waals surface area contributed by atoms with Crippen LogP contribution in [0.5, 0.6) is 0 Å². The maximum Gasteiger partial charge on any atom is 0.273 e. The average molecular weight is 228 g/mol. The fourth-order valence-corrected chi connectivity index (χ4v) is 1.75. The van der Waals surface area contributed by atoms with Crippen LogP contribution in [0.2, 0.25) is 0 Å². The van der Waals surface area contributed by atoms with Gasteiger partial charge in [0.25, 0.3) is 5.91 Å². The lowest BCUT2D eigenvalue weighted by atomic mass is 9.93. The number of aromatic nitrogens is 2. The van der Waals surface area contributed by atoms with Gasteiger partial charge in [0.2, 0.25) is 0 Å². The lowest BCUT2D eigenvalue weighted by Gasteiger charge is -2.30. The Morgan fingerprint density at radius 1 is 1.60 bits per heavy atom. The number of carbonyl (C=O) groups excluding carboxylic acids is 1. The molecule has 0 bridgehead atoms. The van der Waals surface area contributed by atoms with Crippen LogP contribution in [0.1, 0.15) is 37.2 Å². The van der Waals surface area contributed by atoms with Crippen LogP contribution < -0.4 is 11.1 Å². The van der Waals surface area contributed by atoms with Crippen molar-refractivity contribution in [2.75, 3.05) is 6.54 Å². The predicted molar refractivity (Wildman–Crippen MR) is 59.7 cm³/mol. The molecule has 1 aromatic rings. The summed E-state index contributed by atoms with van der Waals surface area (Å²) in [4.78, 5) is 11.7. The third kappa shape index (κ3) is 2.73. The smallest absolute Gasteiger partial charge is 0.273 e. The quantitative estimate of drug-likeness (QED) is 0.780. The fraction of sp³-hybridized carbons (Fsp3) is 0.667. The third-order valence-corrected chi connectivity index (χ3v) is 3.19. The Hall–Kier alpha value is -1.01. The molecule has 0 aliphatic rings. The van der Waals surface area contributed by atoms with Gasteiger partial charge in [-0.3, -0.25) is 4.79 Å². The highest BCUT2D eigenvalue weighted by molar-refractivity contribution is 6.99. The molecule has 0 aromatic carbocycles. The molecule has 6 heteroatoms. The number of hydrogen-bond donors (Lipinski definition) is 2. The molecule has 1 rings (SSSR count). The molecule has 1 amide bonds. The van der Waals surface area contributed by atoms with Gasteiger partial charge in [-0.1, -0.05) is 13.8 Å². The molecular formula is C9H16N4OS. The van der Waals surface area contributed by atoms with E-state index in [9.17, 15) is 4.79 Å². The van der Waals surface area contributed by atoms with Crippen LogP contribution in [-0.4, -0.2) is 26.7 Å². The van der Waals surface area contributed by atoms with Crippen molar-refractivity contribution in [2.45, 2.75) is 32.2 Å². The van der Waals surface area contributed by atoms with Crippen LogP contribution in [0.4, 0.5) is 0 Å². The Labute approximate surface area is 93.4 Å². The molecule has 5 nitrogen and oxygen atoms in total. The number of amides is 1. The van der Waals surface area contributed by atoms with Crippen molar-refractivity contribution in [1.29, 1.82) is 0 Å². The van der Waals surface area contributed by atoms with Crippen molar-refractivity contribution in [1.82, 2.24) is 14.1 Å². The predicted octanol–water partition coefficient (Wildman–Crippen LogP) is 0.785. The van der Waals surface area contributed by atoms with Crippen molar-refractivity contribution in [3.63, 3.8) is 0 Å². The Bertz CT molecular complexity index is 300.